The van der Waals surface area contributed by atoms with Crippen LogP contribution in [-0.4, -0.2) is 21.3 Å². The van der Waals surface area contributed by atoms with Gasteiger partial charge in [0.25, 0.3) is 0 Å². The maximum Gasteiger partial charge on any atom is 0.208 e. The predicted molar refractivity (Wildman–Crippen MR) is 107 cm³/mol. The van der Waals surface area contributed by atoms with Crippen molar-refractivity contribution >= 4 is 33.2 Å². The third-order valence-electron chi connectivity index (χ3n) is 4.97. The Hall–Kier alpha value is -3.85. The minimum Gasteiger partial charge on any atom is -0.292 e. The van der Waals surface area contributed by atoms with Gasteiger partial charge in [-0.25, -0.2) is 4.39 Å². The normalized spacial score (nSPS) is 12.1. The Bertz CT molecular complexity index is 1350. The Labute approximate surface area is 166 Å². The van der Waals surface area contributed by atoms with Crippen LogP contribution in [0.3, 0.4) is 0 Å². The van der Waals surface area contributed by atoms with Gasteiger partial charge in [0.2, 0.25) is 5.78 Å². The van der Waals surface area contributed by atoms with Gasteiger partial charge in [0, 0.05) is 23.4 Å². The lowest BCUT2D eigenvalue weighted by molar-refractivity contribution is 0.0843. The summed E-state index contributed by atoms with van der Waals surface area (Å²) in [5.74, 6) is -3.13. The summed E-state index contributed by atoms with van der Waals surface area (Å²) in [6, 6.07) is 16.5. The molecule has 6 heteroatoms. The lowest BCUT2D eigenvalue weighted by atomic mass is 9.91. The summed E-state index contributed by atoms with van der Waals surface area (Å²) in [5, 5.41) is 15.7. The van der Waals surface area contributed by atoms with Crippen LogP contribution in [0.2, 0.25) is 0 Å². The first-order valence-electron chi connectivity index (χ1n) is 9.00. The molecule has 3 aromatic carbocycles. The number of rotatable bonds is 4. The molecule has 0 aliphatic carbocycles. The van der Waals surface area contributed by atoms with Gasteiger partial charge in [-0.2, -0.15) is 10.4 Å². The number of carbonyl (C=O) groups excluding carboxylic acids is 2. The number of benzene rings is 3. The van der Waals surface area contributed by atoms with Crippen LogP contribution in [0.25, 0.3) is 21.7 Å². The van der Waals surface area contributed by atoms with E-state index in [1.807, 2.05) is 19.1 Å². The number of fused-ring (bicyclic) bond motifs is 3. The van der Waals surface area contributed by atoms with E-state index in [1.54, 1.807) is 43.4 Å². The largest absolute Gasteiger partial charge is 0.292 e. The van der Waals surface area contributed by atoms with E-state index in [0.717, 1.165) is 10.9 Å². The highest BCUT2D eigenvalue weighted by Gasteiger charge is 2.32. The summed E-state index contributed by atoms with van der Waals surface area (Å²) in [6.45, 7) is 1.83. The number of aryl methyl sites for hydroxylation is 2. The summed E-state index contributed by atoms with van der Waals surface area (Å²) in [6.07, 6.45) is 0. The fourth-order valence-electron chi connectivity index (χ4n) is 3.59. The van der Waals surface area contributed by atoms with Gasteiger partial charge in [0.15, 0.2) is 11.7 Å². The summed E-state index contributed by atoms with van der Waals surface area (Å²) in [7, 11) is 1.65. The van der Waals surface area contributed by atoms with Crippen LogP contribution in [0.15, 0.2) is 54.6 Å². The molecule has 142 valence electrons. The Balaban J connectivity index is 1.84. The van der Waals surface area contributed by atoms with Crippen LogP contribution in [0.4, 0.5) is 4.39 Å². The molecule has 29 heavy (non-hydrogen) atoms. The smallest absolute Gasteiger partial charge is 0.208 e. The van der Waals surface area contributed by atoms with Gasteiger partial charge in [0.1, 0.15) is 11.5 Å². The summed E-state index contributed by atoms with van der Waals surface area (Å²) in [5.41, 5.74) is 1.76. The Morgan fingerprint density at radius 1 is 1.07 bits per heavy atom. The van der Waals surface area contributed by atoms with E-state index in [2.05, 4.69) is 5.10 Å². The lowest BCUT2D eigenvalue weighted by Crippen LogP contribution is -2.23. The topological polar surface area (TPSA) is 75.8 Å². The van der Waals surface area contributed by atoms with Crippen LogP contribution in [0.1, 0.15) is 26.4 Å². The molecule has 0 aliphatic rings. The van der Waals surface area contributed by atoms with E-state index >= 15 is 0 Å². The highest BCUT2D eigenvalue weighted by Crippen LogP contribution is 2.29. The van der Waals surface area contributed by atoms with E-state index in [0.29, 0.717) is 21.9 Å². The number of aromatic nitrogens is 2. The first kappa shape index (κ1) is 18.5. The number of ketones is 2. The number of nitrogens with zero attached hydrogens (tertiary/aromatic N) is 3. The van der Waals surface area contributed by atoms with Crippen LogP contribution in [0, 0.1) is 30.0 Å². The summed E-state index contributed by atoms with van der Waals surface area (Å²) < 4.78 is 15.3. The van der Waals surface area contributed by atoms with E-state index in [1.165, 1.54) is 16.8 Å². The van der Waals surface area contributed by atoms with E-state index in [4.69, 9.17) is 0 Å². The zero-order valence-corrected chi connectivity index (χ0v) is 15.8. The number of hydrogen-bond acceptors (Lipinski definition) is 4. The molecule has 1 unspecified atom stereocenters. The van der Waals surface area contributed by atoms with Crippen LogP contribution >= 0.6 is 0 Å². The molecule has 5 nitrogen and oxygen atoms in total. The van der Waals surface area contributed by atoms with Crippen molar-refractivity contribution in [2.24, 2.45) is 13.0 Å². The highest BCUT2D eigenvalue weighted by molar-refractivity contribution is 6.22. The highest BCUT2D eigenvalue weighted by atomic mass is 19.1. The average molecular weight is 385 g/mol. The van der Waals surface area contributed by atoms with Crippen LogP contribution in [-0.2, 0) is 7.05 Å². The number of Topliss-reactive ketones (excluding diaryl/α,β-unsaturated/α-hetero) is 2. The maximum atomic E-state index is 13.8. The van der Waals surface area contributed by atoms with Crippen LogP contribution < -0.4 is 0 Å². The molecule has 0 radical (unpaired) electrons. The quantitative estimate of drug-likeness (QED) is 0.386. The minimum absolute atomic E-state index is 0.0289. The van der Waals surface area contributed by atoms with Gasteiger partial charge >= 0.3 is 0 Å². The number of halogens is 1. The van der Waals surface area contributed by atoms with Crippen molar-refractivity contribution in [2.45, 2.75) is 6.92 Å². The average Bonchev–Trinajstić information content (AvgIpc) is 3.05. The molecule has 1 atom stereocenters. The minimum atomic E-state index is -1.50. The van der Waals surface area contributed by atoms with Gasteiger partial charge in [-0.1, -0.05) is 35.9 Å². The molecule has 0 amide bonds. The Morgan fingerprint density at radius 3 is 2.55 bits per heavy atom. The van der Waals surface area contributed by atoms with Gasteiger partial charge in [-0.15, -0.1) is 0 Å². The van der Waals surface area contributed by atoms with Crippen LogP contribution in [0.5, 0.6) is 0 Å². The molecule has 0 N–H and O–H groups in total. The molecule has 1 heterocycles. The van der Waals surface area contributed by atoms with Crippen molar-refractivity contribution in [3.05, 3.63) is 77.2 Å². The third kappa shape index (κ3) is 3.07. The van der Waals surface area contributed by atoms with Crippen molar-refractivity contribution in [1.82, 2.24) is 9.78 Å². The molecule has 0 fully saturated rings. The molecule has 0 bridgehead atoms. The Kier molecular flexibility index (Phi) is 4.44. The van der Waals surface area contributed by atoms with Gasteiger partial charge < -0.3 is 0 Å². The fraction of sp³-hybridized carbons (Fsp3) is 0.130. The molecule has 0 saturated carbocycles. The summed E-state index contributed by atoms with van der Waals surface area (Å²) >= 11 is 0. The second-order valence-electron chi connectivity index (χ2n) is 6.96. The summed E-state index contributed by atoms with van der Waals surface area (Å²) in [4.78, 5) is 25.9. The number of carbonyl (C=O) groups is 2. The number of nitriles is 1. The Morgan fingerprint density at radius 2 is 1.83 bits per heavy atom. The SMILES string of the molecule is Cc1cccc(C(=O)C(C#N)C(=O)c2nn(C)c3c2ccc2ccc(F)cc23)c1. The second-order valence-corrected chi connectivity index (χ2v) is 6.96. The van der Waals surface area contributed by atoms with E-state index in [9.17, 15) is 19.2 Å². The van der Waals surface area contributed by atoms with E-state index < -0.39 is 23.3 Å². The zero-order chi connectivity index (χ0) is 20.7. The molecular weight excluding hydrogens is 369 g/mol. The van der Waals surface area contributed by atoms with Gasteiger partial charge in [-0.3, -0.25) is 14.3 Å². The molecule has 0 spiro atoms. The first-order chi connectivity index (χ1) is 13.9. The molecular formula is C23H16FN3O2. The standard InChI is InChI=1S/C23H16FN3O2/c1-13-4-3-5-15(10-13)22(28)19(12-25)23(29)20-17-9-7-14-6-8-16(24)11-18(14)21(17)27(2)26-20/h3-11,19H,1-2H3. The fourth-order valence-corrected chi connectivity index (χ4v) is 3.59. The third-order valence-corrected chi connectivity index (χ3v) is 4.97. The molecule has 0 aliphatic heterocycles. The zero-order valence-electron chi connectivity index (χ0n) is 15.8. The van der Waals surface area contributed by atoms with Crippen molar-refractivity contribution in [3.63, 3.8) is 0 Å². The first-order valence-corrected chi connectivity index (χ1v) is 9.00. The second kappa shape index (κ2) is 6.95. The predicted octanol–water partition coefficient (Wildman–Crippen LogP) is 4.38. The van der Waals surface area contributed by atoms with Gasteiger partial charge in [-0.05, 0) is 36.6 Å². The molecule has 0 saturated heterocycles. The monoisotopic (exact) mass is 385 g/mol. The van der Waals surface area contributed by atoms with Crippen molar-refractivity contribution in [1.29, 1.82) is 5.26 Å². The lowest BCUT2D eigenvalue weighted by Gasteiger charge is -2.07. The van der Waals surface area contributed by atoms with Crippen molar-refractivity contribution in [2.75, 3.05) is 0 Å². The van der Waals surface area contributed by atoms with Crippen molar-refractivity contribution in [3.8, 4) is 6.07 Å². The molecule has 4 aromatic rings. The van der Waals surface area contributed by atoms with Gasteiger partial charge in [0.05, 0.1) is 11.6 Å². The number of hydrogen-bond donors (Lipinski definition) is 0. The maximum absolute atomic E-state index is 13.8. The van der Waals surface area contributed by atoms with Crippen molar-refractivity contribution < 1.29 is 14.0 Å². The van der Waals surface area contributed by atoms with E-state index in [-0.39, 0.29) is 5.69 Å². The molecule has 4 rings (SSSR count). The molecule has 1 aromatic heterocycles.